The van der Waals surface area contributed by atoms with Crippen molar-refractivity contribution in [2.24, 2.45) is 11.3 Å². The molecular formula is C16H27NO4. The number of β-lactam (4-membered cyclic amide) rings is 1. The third kappa shape index (κ3) is 4.83. The van der Waals surface area contributed by atoms with Gasteiger partial charge in [0, 0.05) is 6.54 Å². The molecule has 0 saturated carbocycles. The molecule has 1 fully saturated rings. The Morgan fingerprint density at radius 1 is 1.14 bits per heavy atom. The molecule has 0 radical (unpaired) electrons. The molecule has 0 unspecified atom stereocenters. The van der Waals surface area contributed by atoms with Gasteiger partial charge in [-0.3, -0.25) is 14.4 Å². The quantitative estimate of drug-likeness (QED) is 0.453. The van der Waals surface area contributed by atoms with Crippen molar-refractivity contribution in [2.45, 2.75) is 66.5 Å². The fourth-order valence-electron chi connectivity index (χ4n) is 2.54. The van der Waals surface area contributed by atoms with Gasteiger partial charge in [-0.2, -0.15) is 0 Å². The first-order valence-corrected chi connectivity index (χ1v) is 7.34. The minimum Gasteiger partial charge on any atom is -0.460 e. The summed E-state index contributed by atoms with van der Waals surface area (Å²) < 4.78 is 5.30. The van der Waals surface area contributed by atoms with Crippen LogP contribution in [0.15, 0.2) is 0 Å². The van der Waals surface area contributed by atoms with Gasteiger partial charge in [-0.15, -0.1) is 0 Å². The van der Waals surface area contributed by atoms with Crippen LogP contribution in [-0.2, 0) is 19.1 Å². The minimum atomic E-state index is -0.695. The summed E-state index contributed by atoms with van der Waals surface area (Å²) in [7, 11) is 0. The molecule has 5 nitrogen and oxygen atoms in total. The Morgan fingerprint density at radius 2 is 1.67 bits per heavy atom. The number of Topliss-reactive ketones (excluding diaryl/α,β-unsaturated/α-hetero) is 1. The van der Waals surface area contributed by atoms with Crippen molar-refractivity contribution >= 4 is 17.7 Å². The summed E-state index contributed by atoms with van der Waals surface area (Å²) in [6.07, 6.45) is 0.0728. The average Bonchev–Trinajstić information content (AvgIpc) is 2.21. The first-order chi connectivity index (χ1) is 9.32. The molecule has 0 aromatic carbocycles. The number of ketones is 1. The van der Waals surface area contributed by atoms with Crippen molar-refractivity contribution in [1.29, 1.82) is 0 Å². The summed E-state index contributed by atoms with van der Waals surface area (Å²) in [6.45, 7) is 13.4. The Kier molecular flexibility index (Phi) is 4.86. The van der Waals surface area contributed by atoms with Crippen LogP contribution < -0.4 is 0 Å². The number of nitrogens with zero attached hydrogens (tertiary/aromatic N) is 1. The topological polar surface area (TPSA) is 63.7 Å². The highest BCUT2D eigenvalue weighted by atomic mass is 16.6. The number of carbonyl (C=O) groups is 3. The van der Waals surface area contributed by atoms with E-state index >= 15 is 0 Å². The van der Waals surface area contributed by atoms with Crippen LogP contribution in [0.5, 0.6) is 0 Å². The van der Waals surface area contributed by atoms with Crippen molar-refractivity contribution in [1.82, 2.24) is 4.90 Å². The average molecular weight is 297 g/mol. The highest BCUT2D eigenvalue weighted by Crippen LogP contribution is 2.33. The van der Waals surface area contributed by atoms with Gasteiger partial charge in [0.1, 0.15) is 17.3 Å². The minimum absolute atomic E-state index is 0.0728. The van der Waals surface area contributed by atoms with Crippen LogP contribution in [0.25, 0.3) is 0 Å². The van der Waals surface area contributed by atoms with Crippen LogP contribution in [-0.4, -0.2) is 40.7 Å². The molecule has 5 heteroatoms. The molecule has 0 aliphatic carbocycles. The van der Waals surface area contributed by atoms with Gasteiger partial charge in [0.05, 0.1) is 12.5 Å². The Balaban J connectivity index is 2.80. The van der Waals surface area contributed by atoms with E-state index in [0.717, 1.165) is 0 Å². The van der Waals surface area contributed by atoms with E-state index in [1.165, 1.54) is 6.92 Å². The largest absolute Gasteiger partial charge is 0.460 e. The molecule has 1 amide bonds. The lowest BCUT2D eigenvalue weighted by molar-refractivity contribution is -0.169. The Hall–Kier alpha value is -1.39. The van der Waals surface area contributed by atoms with Crippen molar-refractivity contribution in [3.05, 3.63) is 0 Å². The molecule has 2 atom stereocenters. The van der Waals surface area contributed by atoms with Gasteiger partial charge in [-0.1, -0.05) is 20.8 Å². The number of esters is 1. The molecule has 21 heavy (non-hydrogen) atoms. The predicted octanol–water partition coefficient (Wildman–Crippen LogP) is 2.18. The third-order valence-electron chi connectivity index (χ3n) is 3.21. The molecule has 0 spiro atoms. The fourth-order valence-corrected chi connectivity index (χ4v) is 2.54. The molecule has 1 saturated heterocycles. The van der Waals surface area contributed by atoms with Crippen molar-refractivity contribution < 1.29 is 19.1 Å². The van der Waals surface area contributed by atoms with E-state index in [1.54, 1.807) is 25.7 Å². The Morgan fingerprint density at radius 3 is 2.05 bits per heavy atom. The number of hydrogen-bond acceptors (Lipinski definition) is 4. The lowest BCUT2D eigenvalue weighted by atomic mass is 9.80. The SMILES string of the molecule is CC(=O)[C@H]1C(=O)N(CC(C)(C)C)[C@@H]1CC(=O)OC(C)(C)C. The molecule has 0 aromatic heterocycles. The number of ether oxygens (including phenoxy) is 1. The third-order valence-corrected chi connectivity index (χ3v) is 3.21. The van der Waals surface area contributed by atoms with Crippen LogP contribution in [0.2, 0.25) is 0 Å². The van der Waals surface area contributed by atoms with Crippen LogP contribution in [0, 0.1) is 11.3 Å². The molecule has 1 aliphatic heterocycles. The predicted molar refractivity (Wildman–Crippen MR) is 79.6 cm³/mol. The van der Waals surface area contributed by atoms with Gasteiger partial charge in [0.25, 0.3) is 0 Å². The van der Waals surface area contributed by atoms with E-state index in [1.807, 2.05) is 20.8 Å². The summed E-state index contributed by atoms with van der Waals surface area (Å²) in [5.74, 6) is -1.42. The van der Waals surface area contributed by atoms with Gasteiger partial charge in [-0.25, -0.2) is 0 Å². The number of hydrogen-bond donors (Lipinski definition) is 0. The molecule has 120 valence electrons. The van der Waals surface area contributed by atoms with E-state index in [2.05, 4.69) is 0 Å². The Labute approximate surface area is 127 Å². The number of carbonyl (C=O) groups excluding carboxylic acids is 3. The highest BCUT2D eigenvalue weighted by Gasteiger charge is 2.51. The second-order valence-corrected chi connectivity index (χ2v) is 7.97. The second-order valence-electron chi connectivity index (χ2n) is 7.97. The number of rotatable bonds is 4. The maximum absolute atomic E-state index is 12.1. The molecule has 0 aromatic rings. The second kappa shape index (κ2) is 5.78. The lowest BCUT2D eigenvalue weighted by Gasteiger charge is -2.48. The number of amides is 1. The van der Waals surface area contributed by atoms with Crippen molar-refractivity contribution in [3.8, 4) is 0 Å². The monoisotopic (exact) mass is 297 g/mol. The standard InChI is InChI=1S/C16H27NO4/c1-10(18)13-11(8-12(19)21-16(5,6)7)17(14(13)20)9-15(2,3)4/h11,13H,8-9H2,1-7H3/t11-,13-/m1/s1. The van der Waals surface area contributed by atoms with E-state index in [4.69, 9.17) is 4.74 Å². The van der Waals surface area contributed by atoms with Gasteiger partial charge in [0.2, 0.25) is 5.91 Å². The van der Waals surface area contributed by atoms with Crippen molar-refractivity contribution in [3.63, 3.8) is 0 Å². The molecule has 0 bridgehead atoms. The van der Waals surface area contributed by atoms with Gasteiger partial charge >= 0.3 is 5.97 Å². The summed E-state index contributed by atoms with van der Waals surface area (Å²) in [5, 5.41) is 0. The fraction of sp³-hybridized carbons (Fsp3) is 0.812. The zero-order valence-electron chi connectivity index (χ0n) is 14.1. The van der Waals surface area contributed by atoms with E-state index in [9.17, 15) is 14.4 Å². The maximum atomic E-state index is 12.1. The van der Waals surface area contributed by atoms with E-state index < -0.39 is 11.5 Å². The van der Waals surface area contributed by atoms with Crippen molar-refractivity contribution in [2.75, 3.05) is 6.54 Å². The Bertz CT molecular complexity index is 442. The first-order valence-electron chi connectivity index (χ1n) is 7.34. The van der Waals surface area contributed by atoms with Gasteiger partial charge in [-0.05, 0) is 33.1 Å². The van der Waals surface area contributed by atoms with Crippen LogP contribution in [0.1, 0.15) is 54.9 Å². The molecule has 1 heterocycles. The van der Waals surface area contributed by atoms with Crippen LogP contribution in [0.3, 0.4) is 0 Å². The summed E-state index contributed by atoms with van der Waals surface area (Å²) in [4.78, 5) is 37.3. The highest BCUT2D eigenvalue weighted by molar-refractivity contribution is 6.06. The normalized spacial score (nSPS) is 22.8. The van der Waals surface area contributed by atoms with Gasteiger partial charge < -0.3 is 9.64 Å². The summed E-state index contributed by atoms with van der Waals surface area (Å²) in [5.41, 5.74) is -0.644. The molecule has 0 N–H and O–H groups in total. The summed E-state index contributed by atoms with van der Waals surface area (Å²) in [6, 6.07) is -0.371. The first kappa shape index (κ1) is 17.7. The van der Waals surface area contributed by atoms with Crippen LogP contribution >= 0.6 is 0 Å². The molecular weight excluding hydrogens is 270 g/mol. The molecule has 1 rings (SSSR count). The lowest BCUT2D eigenvalue weighted by Crippen LogP contribution is -2.65. The van der Waals surface area contributed by atoms with E-state index in [0.29, 0.717) is 6.54 Å². The molecule has 1 aliphatic rings. The smallest absolute Gasteiger partial charge is 0.308 e. The number of likely N-dealkylation sites (tertiary alicyclic amines) is 1. The zero-order chi connectivity index (χ0) is 16.6. The van der Waals surface area contributed by atoms with Gasteiger partial charge in [0.15, 0.2) is 0 Å². The maximum Gasteiger partial charge on any atom is 0.308 e. The van der Waals surface area contributed by atoms with E-state index in [-0.39, 0.29) is 35.5 Å². The summed E-state index contributed by atoms with van der Waals surface area (Å²) >= 11 is 0. The van der Waals surface area contributed by atoms with Crippen LogP contribution in [0.4, 0.5) is 0 Å². The zero-order valence-corrected chi connectivity index (χ0v) is 14.1.